The fraction of sp³-hybridized carbons (Fsp3) is 0.636. The SMILES string of the molecule is O=C(N/N=C/C1CC2CC1C1C2C2CC1C1(F)C(F)(F)C(F)(F)C21F)c1ccc(Cl)cc1. The van der Waals surface area contributed by atoms with Gasteiger partial charge in [-0.05, 0) is 73.1 Å². The highest BCUT2D eigenvalue weighted by Gasteiger charge is 3.05. The Hall–Kier alpha value is -1.77. The molecule has 5 aliphatic carbocycles. The van der Waals surface area contributed by atoms with Gasteiger partial charge in [0.25, 0.3) is 5.91 Å². The Kier molecular flexibility index (Phi) is 3.91. The first-order valence-electron chi connectivity index (χ1n) is 10.7. The van der Waals surface area contributed by atoms with Crippen molar-refractivity contribution in [2.24, 2.45) is 46.5 Å². The fourth-order valence-corrected chi connectivity index (χ4v) is 8.12. The van der Waals surface area contributed by atoms with Gasteiger partial charge in [0.1, 0.15) is 0 Å². The van der Waals surface area contributed by atoms with Gasteiger partial charge in [0.15, 0.2) is 0 Å². The standard InChI is InChI=1S/C22H19ClF6N2O/c23-12-3-1-9(2-4-12)18(32)31-30-8-11-5-10-6-13(11)17-15-7-14(16(10)17)19(24)20(15,25)22(28,29)21(19,26)27/h1-4,8,10-11,13-17H,5-7H2,(H,31,32)/b30-8+. The van der Waals surface area contributed by atoms with E-state index in [4.69, 9.17) is 11.6 Å². The number of hydrogen-bond acceptors (Lipinski definition) is 2. The number of carbonyl (C=O) groups is 1. The quantitative estimate of drug-likeness (QED) is 0.274. The van der Waals surface area contributed by atoms with Crippen LogP contribution in [0.5, 0.6) is 0 Å². The van der Waals surface area contributed by atoms with Gasteiger partial charge in [0, 0.05) is 28.6 Å². The van der Waals surface area contributed by atoms with E-state index in [1.807, 2.05) is 0 Å². The minimum Gasteiger partial charge on any atom is -0.267 e. The summed E-state index contributed by atoms with van der Waals surface area (Å²) in [7, 11) is 0. The number of hydrogen-bond donors (Lipinski definition) is 1. The molecule has 1 N–H and O–H groups in total. The first-order valence-corrected chi connectivity index (χ1v) is 11.1. The topological polar surface area (TPSA) is 41.5 Å². The van der Waals surface area contributed by atoms with Gasteiger partial charge in [-0.1, -0.05) is 11.6 Å². The maximum atomic E-state index is 15.4. The van der Waals surface area contributed by atoms with Gasteiger partial charge in [0.05, 0.1) is 0 Å². The van der Waals surface area contributed by atoms with E-state index in [0.29, 0.717) is 23.4 Å². The number of amides is 1. The van der Waals surface area contributed by atoms with Crippen molar-refractivity contribution in [3.8, 4) is 0 Å². The van der Waals surface area contributed by atoms with Crippen molar-refractivity contribution in [3.05, 3.63) is 34.9 Å². The lowest BCUT2D eigenvalue weighted by atomic mass is 9.48. The first-order chi connectivity index (χ1) is 15.0. The van der Waals surface area contributed by atoms with Crippen LogP contribution in [-0.2, 0) is 0 Å². The molecule has 0 radical (unpaired) electrons. The molecule has 6 rings (SSSR count). The van der Waals surface area contributed by atoms with E-state index in [1.54, 1.807) is 12.1 Å². The molecule has 1 aromatic carbocycles. The maximum absolute atomic E-state index is 15.4. The van der Waals surface area contributed by atoms with E-state index in [1.165, 1.54) is 18.3 Å². The number of fused-ring (bicyclic) bond motifs is 12. The third kappa shape index (κ3) is 2.00. The normalized spacial score (nSPS) is 48.5. The Morgan fingerprint density at radius 1 is 0.938 bits per heavy atom. The Morgan fingerprint density at radius 2 is 1.53 bits per heavy atom. The molecule has 3 nitrogen and oxygen atoms in total. The zero-order valence-electron chi connectivity index (χ0n) is 16.6. The highest BCUT2D eigenvalue weighted by molar-refractivity contribution is 6.30. The zero-order valence-corrected chi connectivity index (χ0v) is 17.3. The van der Waals surface area contributed by atoms with Crippen LogP contribution in [0.2, 0.25) is 5.02 Å². The number of halogens is 7. The second-order valence-electron chi connectivity index (χ2n) is 9.96. The molecular weight excluding hydrogens is 458 g/mol. The third-order valence-corrected chi connectivity index (χ3v) is 9.27. The van der Waals surface area contributed by atoms with Crippen molar-refractivity contribution < 1.29 is 31.1 Å². The summed E-state index contributed by atoms with van der Waals surface area (Å²) in [5.74, 6) is -14.9. The second kappa shape index (κ2) is 6.02. The van der Waals surface area contributed by atoms with Gasteiger partial charge < -0.3 is 0 Å². The Morgan fingerprint density at radius 3 is 2.16 bits per heavy atom. The van der Waals surface area contributed by atoms with Crippen LogP contribution in [0.15, 0.2) is 29.4 Å². The predicted octanol–water partition coefficient (Wildman–Crippen LogP) is 5.29. The highest BCUT2D eigenvalue weighted by Crippen LogP contribution is 2.85. The summed E-state index contributed by atoms with van der Waals surface area (Å²) in [5.41, 5.74) is -4.85. The molecule has 0 aliphatic heterocycles. The third-order valence-electron chi connectivity index (χ3n) is 9.02. The molecule has 4 bridgehead atoms. The van der Waals surface area contributed by atoms with E-state index in [0.717, 1.165) is 0 Å². The Bertz CT molecular complexity index is 1030. The molecule has 1 amide bonds. The molecule has 0 aromatic heterocycles. The largest absolute Gasteiger partial charge is 0.350 e. The van der Waals surface area contributed by atoms with E-state index in [9.17, 15) is 22.4 Å². The Balaban J connectivity index is 1.20. The molecular formula is C22H19ClF6N2O. The van der Waals surface area contributed by atoms with Crippen molar-refractivity contribution in [2.45, 2.75) is 42.4 Å². The van der Waals surface area contributed by atoms with Gasteiger partial charge in [-0.25, -0.2) is 14.2 Å². The molecule has 32 heavy (non-hydrogen) atoms. The van der Waals surface area contributed by atoms with E-state index >= 15 is 8.78 Å². The summed E-state index contributed by atoms with van der Waals surface area (Å²) >= 11 is 5.79. The maximum Gasteiger partial charge on any atom is 0.350 e. The number of nitrogens with one attached hydrogen (secondary N) is 1. The Labute approximate surface area is 184 Å². The average molecular weight is 477 g/mol. The van der Waals surface area contributed by atoms with Crippen molar-refractivity contribution in [2.75, 3.05) is 0 Å². The van der Waals surface area contributed by atoms with Crippen LogP contribution in [0.25, 0.3) is 0 Å². The predicted molar refractivity (Wildman–Crippen MR) is 103 cm³/mol. The molecule has 9 atom stereocenters. The van der Waals surface area contributed by atoms with Crippen LogP contribution in [0.4, 0.5) is 26.3 Å². The van der Waals surface area contributed by atoms with Crippen LogP contribution >= 0.6 is 11.6 Å². The summed E-state index contributed by atoms with van der Waals surface area (Å²) < 4.78 is 87.3. The summed E-state index contributed by atoms with van der Waals surface area (Å²) in [6, 6.07) is 6.18. The van der Waals surface area contributed by atoms with Crippen molar-refractivity contribution in [1.29, 1.82) is 0 Å². The highest BCUT2D eigenvalue weighted by atomic mass is 35.5. The molecule has 10 heteroatoms. The first kappa shape index (κ1) is 20.8. The lowest BCUT2D eigenvalue weighted by Crippen LogP contribution is -2.89. The second-order valence-corrected chi connectivity index (χ2v) is 10.4. The van der Waals surface area contributed by atoms with Crippen LogP contribution in [0, 0.1) is 41.4 Å². The van der Waals surface area contributed by atoms with Gasteiger partial charge in [-0.2, -0.15) is 22.7 Å². The number of carbonyl (C=O) groups excluding carboxylic acids is 1. The average Bonchev–Trinajstić information content (AvgIpc) is 3.47. The lowest BCUT2D eigenvalue weighted by Gasteiger charge is -2.63. The van der Waals surface area contributed by atoms with Crippen molar-refractivity contribution >= 4 is 23.7 Å². The van der Waals surface area contributed by atoms with Crippen LogP contribution in [0.1, 0.15) is 29.6 Å². The zero-order chi connectivity index (χ0) is 22.8. The van der Waals surface area contributed by atoms with Gasteiger partial charge in [-0.15, -0.1) is 0 Å². The summed E-state index contributed by atoms with van der Waals surface area (Å²) in [4.78, 5) is 12.2. The molecule has 0 saturated heterocycles. The number of benzene rings is 1. The lowest BCUT2D eigenvalue weighted by molar-refractivity contribution is -0.456. The molecule has 5 fully saturated rings. The van der Waals surface area contributed by atoms with Crippen LogP contribution < -0.4 is 5.43 Å². The van der Waals surface area contributed by atoms with Gasteiger partial charge in [-0.3, -0.25) is 4.79 Å². The molecule has 9 unspecified atom stereocenters. The van der Waals surface area contributed by atoms with E-state index < -0.39 is 52.8 Å². The molecule has 0 heterocycles. The number of nitrogens with zero attached hydrogens (tertiary/aromatic N) is 1. The van der Waals surface area contributed by atoms with Crippen molar-refractivity contribution in [3.63, 3.8) is 0 Å². The molecule has 5 aliphatic rings. The summed E-state index contributed by atoms with van der Waals surface area (Å²) in [6.45, 7) is 0. The summed E-state index contributed by atoms with van der Waals surface area (Å²) in [5, 5.41) is 4.46. The number of hydrazone groups is 1. The number of rotatable bonds is 3. The molecule has 1 aromatic rings. The molecule has 172 valence electrons. The summed E-state index contributed by atoms with van der Waals surface area (Å²) in [6.07, 6.45) is 2.33. The van der Waals surface area contributed by atoms with Crippen LogP contribution in [-0.4, -0.2) is 35.3 Å². The smallest absolute Gasteiger partial charge is 0.267 e. The minimum atomic E-state index is -5.00. The number of alkyl halides is 6. The molecule has 5 saturated carbocycles. The monoisotopic (exact) mass is 476 g/mol. The fourth-order valence-electron chi connectivity index (χ4n) is 7.99. The van der Waals surface area contributed by atoms with Crippen molar-refractivity contribution in [1.82, 2.24) is 5.43 Å². The van der Waals surface area contributed by atoms with Gasteiger partial charge >= 0.3 is 11.8 Å². The van der Waals surface area contributed by atoms with E-state index in [-0.39, 0.29) is 24.2 Å². The minimum absolute atomic E-state index is 0.134. The van der Waals surface area contributed by atoms with E-state index in [2.05, 4.69) is 10.5 Å². The van der Waals surface area contributed by atoms with Gasteiger partial charge in [0.2, 0.25) is 11.3 Å². The molecule has 0 spiro atoms. The van der Waals surface area contributed by atoms with Crippen LogP contribution in [0.3, 0.4) is 0 Å².